The number of benzene rings is 1. The molecule has 1 aromatic carbocycles. The van der Waals surface area contributed by atoms with Crippen LogP contribution in [0.15, 0.2) is 24.3 Å². The fourth-order valence-electron chi connectivity index (χ4n) is 1.39. The van der Waals surface area contributed by atoms with Crippen LogP contribution in [0, 0.1) is 0 Å². The van der Waals surface area contributed by atoms with Crippen molar-refractivity contribution in [1.82, 2.24) is 4.72 Å². The van der Waals surface area contributed by atoms with E-state index in [0.717, 1.165) is 0 Å². The number of nitrogen functional groups attached to an aromatic ring is 1. The monoisotopic (exact) mass is 274 g/mol. The molecule has 0 aliphatic heterocycles. The first-order valence-corrected chi connectivity index (χ1v) is 7.19. The summed E-state index contributed by atoms with van der Waals surface area (Å²) < 4.78 is 30.7. The molecule has 4 N–H and O–H groups in total. The van der Waals surface area contributed by atoms with E-state index >= 15 is 0 Å². The van der Waals surface area contributed by atoms with Gasteiger partial charge in [0.25, 0.3) is 0 Å². The minimum Gasteiger partial charge on any atom is -0.399 e. The third-order valence-electron chi connectivity index (χ3n) is 2.11. The Morgan fingerprint density at radius 1 is 1.33 bits per heavy atom. The fourth-order valence-corrected chi connectivity index (χ4v) is 2.50. The SMILES string of the molecule is Nc1cccc(CS(=O)(=O)NCCOCCO)c1. The summed E-state index contributed by atoms with van der Waals surface area (Å²) in [5.41, 5.74) is 6.75. The second kappa shape index (κ2) is 7.32. The van der Waals surface area contributed by atoms with Crippen LogP contribution in [0.3, 0.4) is 0 Å². The van der Waals surface area contributed by atoms with Crippen LogP contribution in [-0.4, -0.2) is 39.9 Å². The van der Waals surface area contributed by atoms with Crippen molar-refractivity contribution in [3.05, 3.63) is 29.8 Å². The molecule has 0 aliphatic rings. The van der Waals surface area contributed by atoms with Gasteiger partial charge in [-0.15, -0.1) is 0 Å². The number of hydrogen-bond acceptors (Lipinski definition) is 5. The molecule has 0 heterocycles. The number of nitrogens with two attached hydrogens (primary N) is 1. The standard InChI is InChI=1S/C11H18N2O4S/c12-11-3-1-2-10(8-11)9-18(15,16)13-4-6-17-7-5-14/h1-3,8,13-14H,4-7,9,12H2. The third kappa shape index (κ3) is 5.97. The Morgan fingerprint density at radius 2 is 2.11 bits per heavy atom. The molecule has 0 fully saturated rings. The molecular weight excluding hydrogens is 256 g/mol. The van der Waals surface area contributed by atoms with E-state index in [2.05, 4.69) is 4.72 Å². The van der Waals surface area contributed by atoms with E-state index in [1.807, 2.05) is 0 Å². The van der Waals surface area contributed by atoms with Crippen molar-refractivity contribution in [3.63, 3.8) is 0 Å². The van der Waals surface area contributed by atoms with Gasteiger partial charge in [-0.3, -0.25) is 0 Å². The van der Waals surface area contributed by atoms with E-state index in [1.165, 1.54) is 0 Å². The van der Waals surface area contributed by atoms with Gasteiger partial charge in [-0.2, -0.15) is 0 Å². The second-order valence-electron chi connectivity index (χ2n) is 3.73. The predicted molar refractivity (Wildman–Crippen MR) is 69.4 cm³/mol. The minimum absolute atomic E-state index is 0.0734. The highest BCUT2D eigenvalue weighted by molar-refractivity contribution is 7.88. The Labute approximate surface area is 107 Å². The number of ether oxygens (including phenoxy) is 1. The molecule has 0 spiro atoms. The van der Waals surface area contributed by atoms with Gasteiger partial charge < -0.3 is 15.6 Å². The van der Waals surface area contributed by atoms with Crippen molar-refractivity contribution in [3.8, 4) is 0 Å². The third-order valence-corrected chi connectivity index (χ3v) is 3.47. The number of sulfonamides is 1. The van der Waals surface area contributed by atoms with Gasteiger partial charge in [-0.1, -0.05) is 12.1 Å². The molecule has 1 aromatic rings. The van der Waals surface area contributed by atoms with E-state index in [1.54, 1.807) is 24.3 Å². The highest BCUT2D eigenvalue weighted by Crippen LogP contribution is 2.09. The summed E-state index contributed by atoms with van der Waals surface area (Å²) in [6, 6.07) is 6.75. The molecule has 6 nitrogen and oxygen atoms in total. The summed E-state index contributed by atoms with van der Waals surface area (Å²) in [7, 11) is -3.39. The average Bonchev–Trinajstić information content (AvgIpc) is 2.28. The number of nitrogens with one attached hydrogen (secondary N) is 1. The van der Waals surface area contributed by atoms with E-state index < -0.39 is 10.0 Å². The lowest BCUT2D eigenvalue weighted by molar-refractivity contribution is 0.0961. The maximum atomic E-state index is 11.7. The summed E-state index contributed by atoms with van der Waals surface area (Å²) in [6.07, 6.45) is 0. The van der Waals surface area contributed by atoms with Gasteiger partial charge in [-0.05, 0) is 17.7 Å². The van der Waals surface area contributed by atoms with Crippen LogP contribution in [0.4, 0.5) is 5.69 Å². The Hall–Kier alpha value is -1.15. The number of aliphatic hydroxyl groups excluding tert-OH is 1. The van der Waals surface area contributed by atoms with Gasteiger partial charge in [0.1, 0.15) is 0 Å². The number of hydrogen-bond donors (Lipinski definition) is 3. The van der Waals surface area contributed by atoms with Crippen molar-refractivity contribution in [1.29, 1.82) is 0 Å². The van der Waals surface area contributed by atoms with Crippen LogP contribution in [0.5, 0.6) is 0 Å². The van der Waals surface area contributed by atoms with Gasteiger partial charge in [0.05, 0.1) is 25.6 Å². The zero-order valence-electron chi connectivity index (χ0n) is 10.0. The largest absolute Gasteiger partial charge is 0.399 e. The molecule has 0 saturated carbocycles. The van der Waals surface area contributed by atoms with Crippen LogP contribution in [-0.2, 0) is 20.5 Å². The Bertz CT molecular complexity index is 462. The zero-order chi connectivity index (χ0) is 13.4. The fraction of sp³-hybridized carbons (Fsp3) is 0.455. The Kier molecular flexibility index (Phi) is 6.06. The van der Waals surface area contributed by atoms with Gasteiger partial charge in [0, 0.05) is 12.2 Å². The van der Waals surface area contributed by atoms with Crippen LogP contribution in [0.2, 0.25) is 0 Å². The minimum atomic E-state index is -3.39. The van der Waals surface area contributed by atoms with Crippen molar-refractivity contribution in [2.24, 2.45) is 0 Å². The Morgan fingerprint density at radius 3 is 2.78 bits per heavy atom. The molecule has 0 unspecified atom stereocenters. The highest BCUT2D eigenvalue weighted by atomic mass is 32.2. The van der Waals surface area contributed by atoms with E-state index in [-0.39, 0.29) is 32.1 Å². The normalized spacial score (nSPS) is 11.6. The van der Waals surface area contributed by atoms with Crippen molar-refractivity contribution in [2.75, 3.05) is 32.1 Å². The summed E-state index contributed by atoms with van der Waals surface area (Å²) in [5.74, 6) is -0.113. The number of anilines is 1. The summed E-state index contributed by atoms with van der Waals surface area (Å²) in [5, 5.41) is 8.47. The molecule has 0 aliphatic carbocycles. The average molecular weight is 274 g/mol. The van der Waals surface area contributed by atoms with Gasteiger partial charge >= 0.3 is 0 Å². The molecule has 18 heavy (non-hydrogen) atoms. The molecule has 0 bridgehead atoms. The Balaban J connectivity index is 2.40. The predicted octanol–water partition coefficient (Wildman–Crippen LogP) is -0.303. The molecule has 0 saturated heterocycles. The first kappa shape index (κ1) is 14.9. The second-order valence-corrected chi connectivity index (χ2v) is 5.54. The lowest BCUT2D eigenvalue weighted by Crippen LogP contribution is -2.28. The quantitative estimate of drug-likeness (QED) is 0.446. The van der Waals surface area contributed by atoms with Crippen LogP contribution >= 0.6 is 0 Å². The molecular formula is C11H18N2O4S. The van der Waals surface area contributed by atoms with Crippen LogP contribution < -0.4 is 10.5 Å². The van der Waals surface area contributed by atoms with Crippen molar-refractivity contribution in [2.45, 2.75) is 5.75 Å². The van der Waals surface area contributed by atoms with Gasteiger partial charge in [-0.25, -0.2) is 13.1 Å². The van der Waals surface area contributed by atoms with Gasteiger partial charge in [0.2, 0.25) is 10.0 Å². The molecule has 0 atom stereocenters. The first-order chi connectivity index (χ1) is 8.53. The van der Waals surface area contributed by atoms with E-state index in [9.17, 15) is 8.42 Å². The molecule has 102 valence electrons. The molecule has 0 aromatic heterocycles. The first-order valence-electron chi connectivity index (χ1n) is 5.54. The zero-order valence-corrected chi connectivity index (χ0v) is 10.8. The smallest absolute Gasteiger partial charge is 0.215 e. The van der Waals surface area contributed by atoms with Crippen molar-refractivity contribution < 1.29 is 18.3 Å². The summed E-state index contributed by atoms with van der Waals surface area (Å²) in [4.78, 5) is 0. The van der Waals surface area contributed by atoms with Crippen LogP contribution in [0.25, 0.3) is 0 Å². The van der Waals surface area contributed by atoms with Gasteiger partial charge in [0.15, 0.2) is 0 Å². The maximum absolute atomic E-state index is 11.7. The van der Waals surface area contributed by atoms with E-state index in [0.29, 0.717) is 11.3 Å². The van der Waals surface area contributed by atoms with Crippen molar-refractivity contribution >= 4 is 15.7 Å². The highest BCUT2D eigenvalue weighted by Gasteiger charge is 2.10. The molecule has 0 radical (unpaired) electrons. The maximum Gasteiger partial charge on any atom is 0.215 e. The van der Waals surface area contributed by atoms with Crippen LogP contribution in [0.1, 0.15) is 5.56 Å². The lowest BCUT2D eigenvalue weighted by Gasteiger charge is -2.07. The molecule has 7 heteroatoms. The molecule has 0 amide bonds. The topological polar surface area (TPSA) is 102 Å². The molecule has 1 rings (SSSR count). The summed E-state index contributed by atoms with van der Waals surface area (Å²) >= 11 is 0. The van der Waals surface area contributed by atoms with E-state index in [4.69, 9.17) is 15.6 Å². The summed E-state index contributed by atoms with van der Waals surface area (Å²) in [6.45, 7) is 0.550. The number of rotatable bonds is 8. The number of aliphatic hydroxyl groups is 1. The lowest BCUT2D eigenvalue weighted by atomic mass is 10.2.